The summed E-state index contributed by atoms with van der Waals surface area (Å²) in [6.45, 7) is 6.42. The van der Waals surface area contributed by atoms with Gasteiger partial charge in [-0.05, 0) is 40.5 Å². The number of hydrogen-bond donors (Lipinski definition) is 0. The highest BCUT2D eigenvalue weighted by atomic mass is 16.5. The standard InChI is InChI=1S/C24H28O3/c1-4-16(25)14-21(26)27-23-20-13-12-19(24(20,2)3)22(23)18-11-7-9-15-8-5-6-10-17(15)18/h5-11,19-20,22-23H,4,12-14H2,1-3H3/t19-,20?,22?,23?/m0/s1. The number of rotatable bonds is 5. The summed E-state index contributed by atoms with van der Waals surface area (Å²) in [6, 6.07) is 14.9. The van der Waals surface area contributed by atoms with E-state index in [1.165, 1.54) is 22.8 Å². The number of ether oxygens (including phenoxy) is 1. The molecule has 0 saturated heterocycles. The summed E-state index contributed by atoms with van der Waals surface area (Å²) in [5.41, 5.74) is 1.43. The van der Waals surface area contributed by atoms with Crippen LogP contribution in [0.15, 0.2) is 42.5 Å². The van der Waals surface area contributed by atoms with Crippen molar-refractivity contribution >= 4 is 22.5 Å². The van der Waals surface area contributed by atoms with Crippen molar-refractivity contribution in [2.24, 2.45) is 17.3 Å². The lowest BCUT2D eigenvalue weighted by Crippen LogP contribution is -2.32. The summed E-state index contributed by atoms with van der Waals surface area (Å²) < 4.78 is 6.01. The highest BCUT2D eigenvalue weighted by molar-refractivity contribution is 5.95. The molecule has 0 aliphatic heterocycles. The molecule has 4 rings (SSSR count). The molecule has 2 fully saturated rings. The Labute approximate surface area is 161 Å². The van der Waals surface area contributed by atoms with Gasteiger partial charge >= 0.3 is 5.97 Å². The van der Waals surface area contributed by atoms with Crippen LogP contribution in [-0.4, -0.2) is 17.9 Å². The summed E-state index contributed by atoms with van der Waals surface area (Å²) in [6.07, 6.45) is 2.41. The van der Waals surface area contributed by atoms with Crippen LogP contribution in [0.3, 0.4) is 0 Å². The SMILES string of the molecule is CCC(=O)CC(=O)OC1C(c2cccc3ccccc23)[C@@H]2CCC1C2(C)C. The third-order valence-corrected chi connectivity index (χ3v) is 7.07. The molecule has 0 amide bonds. The number of Topliss-reactive ketones (excluding diaryl/α,β-unsaturated/α-hetero) is 1. The van der Waals surface area contributed by atoms with Gasteiger partial charge in [0, 0.05) is 18.3 Å². The number of ketones is 1. The quantitative estimate of drug-likeness (QED) is 0.536. The van der Waals surface area contributed by atoms with E-state index in [-0.39, 0.29) is 35.6 Å². The molecule has 3 nitrogen and oxygen atoms in total. The van der Waals surface area contributed by atoms with Crippen molar-refractivity contribution in [1.82, 2.24) is 0 Å². The average molecular weight is 364 g/mol. The number of benzene rings is 2. The molecule has 2 aromatic carbocycles. The molecule has 0 heterocycles. The first-order chi connectivity index (χ1) is 12.9. The van der Waals surface area contributed by atoms with E-state index in [4.69, 9.17) is 4.74 Å². The van der Waals surface area contributed by atoms with Crippen LogP contribution in [0.4, 0.5) is 0 Å². The van der Waals surface area contributed by atoms with E-state index in [0.29, 0.717) is 18.3 Å². The lowest BCUT2D eigenvalue weighted by Gasteiger charge is -2.31. The second-order valence-electron chi connectivity index (χ2n) is 8.73. The van der Waals surface area contributed by atoms with Crippen molar-refractivity contribution in [2.75, 3.05) is 0 Å². The van der Waals surface area contributed by atoms with Gasteiger partial charge in [-0.3, -0.25) is 9.59 Å². The lowest BCUT2D eigenvalue weighted by molar-refractivity contribution is -0.154. The number of hydrogen-bond acceptors (Lipinski definition) is 3. The maximum atomic E-state index is 12.5. The first-order valence-electron chi connectivity index (χ1n) is 10.1. The maximum Gasteiger partial charge on any atom is 0.313 e. The van der Waals surface area contributed by atoms with Crippen LogP contribution in [0.25, 0.3) is 10.8 Å². The van der Waals surface area contributed by atoms with Gasteiger partial charge in [-0.15, -0.1) is 0 Å². The van der Waals surface area contributed by atoms with Gasteiger partial charge in [0.1, 0.15) is 18.3 Å². The van der Waals surface area contributed by atoms with E-state index in [1.54, 1.807) is 6.92 Å². The molecule has 3 heteroatoms. The lowest BCUT2D eigenvalue weighted by atomic mass is 9.76. The second-order valence-corrected chi connectivity index (χ2v) is 8.73. The fourth-order valence-corrected chi connectivity index (χ4v) is 5.66. The molecule has 0 spiro atoms. The van der Waals surface area contributed by atoms with E-state index in [2.05, 4.69) is 56.3 Å². The Kier molecular flexibility index (Phi) is 4.57. The van der Waals surface area contributed by atoms with Crippen LogP contribution in [0.2, 0.25) is 0 Å². The highest BCUT2D eigenvalue weighted by Crippen LogP contribution is 2.64. The predicted molar refractivity (Wildman–Crippen MR) is 106 cm³/mol. The molecule has 4 atom stereocenters. The largest absolute Gasteiger partial charge is 0.461 e. The van der Waals surface area contributed by atoms with Gasteiger partial charge in [-0.25, -0.2) is 0 Å². The molecule has 2 aliphatic carbocycles. The minimum Gasteiger partial charge on any atom is -0.461 e. The normalized spacial score (nSPS) is 28.4. The molecule has 3 unspecified atom stereocenters. The molecule has 27 heavy (non-hydrogen) atoms. The molecule has 2 bridgehead atoms. The molecular weight excluding hydrogens is 336 g/mol. The van der Waals surface area contributed by atoms with Crippen LogP contribution in [0, 0.1) is 17.3 Å². The van der Waals surface area contributed by atoms with E-state index < -0.39 is 0 Å². The first kappa shape index (κ1) is 18.2. The second kappa shape index (κ2) is 6.78. The van der Waals surface area contributed by atoms with Gasteiger partial charge in [0.25, 0.3) is 0 Å². The molecule has 2 aromatic rings. The summed E-state index contributed by atoms with van der Waals surface area (Å²) in [5.74, 6) is 0.634. The molecule has 142 valence electrons. The van der Waals surface area contributed by atoms with Crippen molar-refractivity contribution in [2.45, 2.75) is 58.5 Å². The number of fused-ring (bicyclic) bond motifs is 3. The third kappa shape index (κ3) is 2.97. The van der Waals surface area contributed by atoms with Gasteiger partial charge in [-0.1, -0.05) is 63.2 Å². The Morgan fingerprint density at radius 3 is 2.52 bits per heavy atom. The monoisotopic (exact) mass is 364 g/mol. The van der Waals surface area contributed by atoms with Gasteiger partial charge in [0.05, 0.1) is 0 Å². The highest BCUT2D eigenvalue weighted by Gasteiger charge is 2.61. The van der Waals surface area contributed by atoms with Crippen LogP contribution in [0.5, 0.6) is 0 Å². The van der Waals surface area contributed by atoms with E-state index in [0.717, 1.165) is 6.42 Å². The summed E-state index contributed by atoms with van der Waals surface area (Å²) >= 11 is 0. The first-order valence-corrected chi connectivity index (χ1v) is 10.1. The molecule has 2 saturated carbocycles. The van der Waals surface area contributed by atoms with E-state index in [1.807, 2.05) is 0 Å². The van der Waals surface area contributed by atoms with Crippen molar-refractivity contribution in [3.8, 4) is 0 Å². The van der Waals surface area contributed by atoms with Gasteiger partial charge in [0.15, 0.2) is 0 Å². The number of carbonyl (C=O) groups is 2. The fraction of sp³-hybridized carbons (Fsp3) is 0.500. The summed E-state index contributed by atoms with van der Waals surface area (Å²) in [4.78, 5) is 24.2. The zero-order valence-electron chi connectivity index (χ0n) is 16.4. The van der Waals surface area contributed by atoms with E-state index >= 15 is 0 Å². The topological polar surface area (TPSA) is 43.4 Å². The Morgan fingerprint density at radius 2 is 1.74 bits per heavy atom. The number of carbonyl (C=O) groups excluding carboxylic acids is 2. The Bertz CT molecular complexity index is 877. The summed E-state index contributed by atoms with van der Waals surface area (Å²) in [7, 11) is 0. The Hall–Kier alpha value is -2.16. The van der Waals surface area contributed by atoms with Crippen molar-refractivity contribution in [3.63, 3.8) is 0 Å². The average Bonchev–Trinajstić information content (AvgIpc) is 3.06. The van der Waals surface area contributed by atoms with Crippen LogP contribution in [-0.2, 0) is 14.3 Å². The zero-order valence-corrected chi connectivity index (χ0v) is 16.4. The minimum atomic E-state index is -0.361. The van der Waals surface area contributed by atoms with Gasteiger partial charge in [0.2, 0.25) is 0 Å². The number of esters is 1. The molecule has 2 aliphatic rings. The van der Waals surface area contributed by atoms with Crippen molar-refractivity contribution in [3.05, 3.63) is 48.0 Å². The Morgan fingerprint density at radius 1 is 1.04 bits per heavy atom. The summed E-state index contributed by atoms with van der Waals surface area (Å²) in [5, 5.41) is 2.47. The smallest absolute Gasteiger partial charge is 0.313 e. The molecule has 0 aromatic heterocycles. The van der Waals surface area contributed by atoms with Crippen LogP contribution < -0.4 is 0 Å². The molecule has 0 radical (unpaired) electrons. The third-order valence-electron chi connectivity index (χ3n) is 7.07. The molecule has 0 N–H and O–H groups in total. The van der Waals surface area contributed by atoms with Gasteiger partial charge in [-0.2, -0.15) is 0 Å². The van der Waals surface area contributed by atoms with Crippen molar-refractivity contribution < 1.29 is 14.3 Å². The Balaban J connectivity index is 1.72. The van der Waals surface area contributed by atoms with Crippen molar-refractivity contribution in [1.29, 1.82) is 0 Å². The van der Waals surface area contributed by atoms with Gasteiger partial charge < -0.3 is 4.74 Å². The predicted octanol–water partition coefficient (Wildman–Crippen LogP) is 5.27. The zero-order chi connectivity index (χ0) is 19.2. The maximum absolute atomic E-state index is 12.5. The van der Waals surface area contributed by atoms with Crippen LogP contribution in [0.1, 0.15) is 57.9 Å². The fourth-order valence-electron chi connectivity index (χ4n) is 5.66. The molecular formula is C24H28O3. The van der Waals surface area contributed by atoms with Crippen LogP contribution >= 0.6 is 0 Å². The van der Waals surface area contributed by atoms with E-state index in [9.17, 15) is 9.59 Å². The minimum absolute atomic E-state index is 0.0517.